The number of benzene rings is 1. The number of ether oxygens (including phenoxy) is 2. The Hall–Kier alpha value is -2.04. The van der Waals surface area contributed by atoms with Crippen molar-refractivity contribution in [3.8, 4) is 11.5 Å². The minimum Gasteiger partial charge on any atom is -0.497 e. The molecule has 0 heterocycles. The first-order valence-corrected chi connectivity index (χ1v) is 5.10. The Bertz CT molecular complexity index is 492. The molecule has 0 saturated carbocycles. The summed E-state index contributed by atoms with van der Waals surface area (Å²) in [7, 11) is 2.95. The van der Waals surface area contributed by atoms with Gasteiger partial charge in [0.05, 0.1) is 19.8 Å². The van der Waals surface area contributed by atoms with Gasteiger partial charge in [-0.05, 0) is 18.1 Å². The number of carbonyl (C=O) groups excluding carboxylic acids is 1. The van der Waals surface area contributed by atoms with Gasteiger partial charge in [-0.25, -0.2) is 0 Å². The van der Waals surface area contributed by atoms with Crippen LogP contribution >= 0.6 is 0 Å². The fourth-order valence-corrected chi connectivity index (χ4v) is 2.05. The molecule has 0 spiro atoms. The predicted octanol–water partition coefficient (Wildman–Crippen LogP) is 1.14. The molecule has 17 heavy (non-hydrogen) atoms. The first kappa shape index (κ1) is 11.4. The zero-order valence-electron chi connectivity index (χ0n) is 9.52. The number of fused-ring (bicyclic) bond motifs is 1. The molecular formula is C12H12O5. The van der Waals surface area contributed by atoms with E-state index < -0.39 is 17.7 Å². The highest BCUT2D eigenvalue weighted by atomic mass is 16.5. The summed E-state index contributed by atoms with van der Waals surface area (Å²) in [6, 6.07) is 3.26. The SMILES string of the molecule is COc1cc2c(c(OC)c1)C(=O)C(C(=O)O)C2. The Kier molecular flexibility index (Phi) is 2.75. The Labute approximate surface area is 98.0 Å². The highest BCUT2D eigenvalue weighted by molar-refractivity contribution is 6.13. The lowest BCUT2D eigenvalue weighted by Crippen LogP contribution is -2.19. The van der Waals surface area contributed by atoms with Crippen LogP contribution in [0.1, 0.15) is 15.9 Å². The molecule has 5 nitrogen and oxygen atoms in total. The summed E-state index contributed by atoms with van der Waals surface area (Å²) in [5.41, 5.74) is 1.03. The highest BCUT2D eigenvalue weighted by Gasteiger charge is 2.38. The number of aliphatic carboxylic acids is 1. The second-order valence-electron chi connectivity index (χ2n) is 3.82. The van der Waals surface area contributed by atoms with Crippen molar-refractivity contribution < 1.29 is 24.2 Å². The first-order chi connectivity index (χ1) is 8.08. The van der Waals surface area contributed by atoms with Gasteiger partial charge in [-0.15, -0.1) is 0 Å². The summed E-state index contributed by atoms with van der Waals surface area (Å²) in [5, 5.41) is 8.95. The minimum atomic E-state index is -1.10. The maximum absolute atomic E-state index is 11.9. The zero-order valence-corrected chi connectivity index (χ0v) is 9.52. The number of carbonyl (C=O) groups is 2. The van der Waals surface area contributed by atoms with Crippen LogP contribution in [0.25, 0.3) is 0 Å². The van der Waals surface area contributed by atoms with Crippen LogP contribution in [-0.2, 0) is 11.2 Å². The van der Waals surface area contributed by atoms with Crippen LogP contribution in [-0.4, -0.2) is 31.1 Å². The molecule has 1 aromatic carbocycles. The molecule has 0 saturated heterocycles. The van der Waals surface area contributed by atoms with Gasteiger partial charge < -0.3 is 14.6 Å². The standard InChI is InChI=1S/C12H12O5/c1-16-7-3-6-4-8(12(14)15)11(13)10(6)9(5-7)17-2/h3,5,8H,4H2,1-2H3,(H,14,15). The lowest BCUT2D eigenvalue weighted by molar-refractivity contribution is -0.139. The van der Waals surface area contributed by atoms with Gasteiger partial charge in [0, 0.05) is 6.07 Å². The number of carboxylic acid groups (broad SMARTS) is 1. The summed E-state index contributed by atoms with van der Waals surface area (Å²) in [4.78, 5) is 22.9. The molecule has 1 N–H and O–H groups in total. The average Bonchev–Trinajstić information content (AvgIpc) is 2.65. The van der Waals surface area contributed by atoms with E-state index >= 15 is 0 Å². The van der Waals surface area contributed by atoms with E-state index in [4.69, 9.17) is 14.6 Å². The van der Waals surface area contributed by atoms with Crippen LogP contribution in [0.15, 0.2) is 12.1 Å². The number of methoxy groups -OCH3 is 2. The first-order valence-electron chi connectivity index (χ1n) is 5.10. The topological polar surface area (TPSA) is 72.8 Å². The van der Waals surface area contributed by atoms with Gasteiger partial charge >= 0.3 is 5.97 Å². The number of rotatable bonds is 3. The van der Waals surface area contributed by atoms with Gasteiger partial charge in [0.15, 0.2) is 5.78 Å². The molecule has 1 aliphatic carbocycles. The molecule has 0 aliphatic heterocycles. The van der Waals surface area contributed by atoms with Crippen molar-refractivity contribution in [3.05, 3.63) is 23.3 Å². The van der Waals surface area contributed by atoms with E-state index in [0.29, 0.717) is 22.6 Å². The maximum atomic E-state index is 11.9. The number of hydrogen-bond donors (Lipinski definition) is 1. The molecule has 1 unspecified atom stereocenters. The molecule has 1 aliphatic rings. The Morgan fingerprint density at radius 1 is 1.35 bits per heavy atom. The lowest BCUT2D eigenvalue weighted by Gasteiger charge is -2.08. The van der Waals surface area contributed by atoms with E-state index in [-0.39, 0.29) is 6.42 Å². The quantitative estimate of drug-likeness (QED) is 0.797. The van der Waals surface area contributed by atoms with Crippen molar-refractivity contribution >= 4 is 11.8 Å². The maximum Gasteiger partial charge on any atom is 0.314 e. The van der Waals surface area contributed by atoms with Crippen LogP contribution in [0.4, 0.5) is 0 Å². The molecule has 0 amide bonds. The largest absolute Gasteiger partial charge is 0.497 e. The molecule has 0 radical (unpaired) electrons. The second-order valence-corrected chi connectivity index (χ2v) is 3.82. The van der Waals surface area contributed by atoms with Gasteiger partial charge in [0.1, 0.15) is 17.4 Å². The predicted molar refractivity (Wildman–Crippen MR) is 58.7 cm³/mol. The van der Waals surface area contributed by atoms with Crippen molar-refractivity contribution in [1.29, 1.82) is 0 Å². The molecule has 0 aromatic heterocycles. The Morgan fingerprint density at radius 2 is 2.06 bits per heavy atom. The van der Waals surface area contributed by atoms with Crippen molar-refractivity contribution in [1.82, 2.24) is 0 Å². The molecule has 2 rings (SSSR count). The summed E-state index contributed by atoms with van der Waals surface area (Å²) >= 11 is 0. The number of Topliss-reactive ketones (excluding diaryl/α,β-unsaturated/α-hetero) is 1. The molecule has 90 valence electrons. The van der Waals surface area contributed by atoms with Gasteiger partial charge in [-0.2, -0.15) is 0 Å². The highest BCUT2D eigenvalue weighted by Crippen LogP contribution is 2.37. The van der Waals surface area contributed by atoms with Crippen molar-refractivity contribution in [3.63, 3.8) is 0 Å². The molecule has 0 fully saturated rings. The van der Waals surface area contributed by atoms with E-state index in [9.17, 15) is 9.59 Å². The summed E-state index contributed by atoms with van der Waals surface area (Å²) in [5.74, 6) is -1.59. The average molecular weight is 236 g/mol. The zero-order chi connectivity index (χ0) is 12.6. The van der Waals surface area contributed by atoms with Crippen LogP contribution in [0.2, 0.25) is 0 Å². The second kappa shape index (κ2) is 4.08. The van der Waals surface area contributed by atoms with Gasteiger partial charge in [-0.3, -0.25) is 9.59 Å². The molecular weight excluding hydrogens is 224 g/mol. The van der Waals surface area contributed by atoms with E-state index in [1.54, 1.807) is 12.1 Å². The third-order valence-corrected chi connectivity index (χ3v) is 2.90. The number of hydrogen-bond acceptors (Lipinski definition) is 4. The van der Waals surface area contributed by atoms with E-state index in [2.05, 4.69) is 0 Å². The Balaban J connectivity index is 2.53. The van der Waals surface area contributed by atoms with Gasteiger partial charge in [0.25, 0.3) is 0 Å². The molecule has 1 aromatic rings. The van der Waals surface area contributed by atoms with E-state index in [0.717, 1.165) is 0 Å². The third-order valence-electron chi connectivity index (χ3n) is 2.90. The normalized spacial score (nSPS) is 17.8. The van der Waals surface area contributed by atoms with Crippen molar-refractivity contribution in [2.45, 2.75) is 6.42 Å². The monoisotopic (exact) mass is 236 g/mol. The van der Waals surface area contributed by atoms with E-state index in [1.165, 1.54) is 14.2 Å². The van der Waals surface area contributed by atoms with Crippen LogP contribution in [0.5, 0.6) is 11.5 Å². The fraction of sp³-hybridized carbons (Fsp3) is 0.333. The van der Waals surface area contributed by atoms with Crippen molar-refractivity contribution in [2.75, 3.05) is 14.2 Å². The molecule has 0 bridgehead atoms. The summed E-state index contributed by atoms with van der Waals surface area (Å²) < 4.78 is 10.2. The smallest absolute Gasteiger partial charge is 0.314 e. The van der Waals surface area contributed by atoms with E-state index in [1.807, 2.05) is 0 Å². The van der Waals surface area contributed by atoms with Crippen LogP contribution in [0.3, 0.4) is 0 Å². The molecule has 1 atom stereocenters. The third kappa shape index (κ3) is 1.73. The van der Waals surface area contributed by atoms with Crippen LogP contribution < -0.4 is 9.47 Å². The minimum absolute atomic E-state index is 0.192. The number of carboxylic acids is 1. The fourth-order valence-electron chi connectivity index (χ4n) is 2.05. The van der Waals surface area contributed by atoms with Gasteiger partial charge in [-0.1, -0.05) is 0 Å². The Morgan fingerprint density at radius 3 is 2.59 bits per heavy atom. The summed E-state index contributed by atoms with van der Waals surface area (Å²) in [6.45, 7) is 0. The number of ketones is 1. The van der Waals surface area contributed by atoms with Crippen molar-refractivity contribution in [2.24, 2.45) is 5.92 Å². The molecule has 5 heteroatoms. The van der Waals surface area contributed by atoms with Crippen LogP contribution in [0, 0.1) is 5.92 Å². The van der Waals surface area contributed by atoms with Gasteiger partial charge in [0.2, 0.25) is 0 Å². The lowest BCUT2D eigenvalue weighted by atomic mass is 10.1. The summed E-state index contributed by atoms with van der Waals surface area (Å²) in [6.07, 6.45) is 0.192.